The van der Waals surface area contributed by atoms with E-state index < -0.39 is 17.5 Å². The second-order valence-corrected chi connectivity index (χ2v) is 5.36. The summed E-state index contributed by atoms with van der Waals surface area (Å²) in [6.07, 6.45) is 0.0845. The highest BCUT2D eigenvalue weighted by molar-refractivity contribution is 7.17. The maximum absolute atomic E-state index is 12.5. The van der Waals surface area contributed by atoms with Gasteiger partial charge in [0, 0.05) is 25.5 Å². The molecular formula is C13H14N2O6S. The molecule has 2 N–H and O–H groups in total. The first-order valence-electron chi connectivity index (χ1n) is 6.40. The van der Waals surface area contributed by atoms with E-state index in [2.05, 4.69) is 4.98 Å². The van der Waals surface area contributed by atoms with E-state index in [1.165, 1.54) is 17.1 Å². The van der Waals surface area contributed by atoms with E-state index in [0.29, 0.717) is 23.7 Å². The average Bonchev–Trinajstić information content (AvgIpc) is 2.88. The van der Waals surface area contributed by atoms with Gasteiger partial charge >= 0.3 is 11.9 Å². The Morgan fingerprint density at radius 1 is 1.41 bits per heavy atom. The molecule has 0 atom stereocenters. The number of nitrogens with zero attached hydrogens (tertiary/aromatic N) is 2. The van der Waals surface area contributed by atoms with Crippen LogP contribution in [0.2, 0.25) is 0 Å². The van der Waals surface area contributed by atoms with Gasteiger partial charge in [-0.25, -0.2) is 9.78 Å². The highest BCUT2D eigenvalue weighted by atomic mass is 32.1. The normalized spacial score (nSPS) is 11.0. The van der Waals surface area contributed by atoms with Crippen LogP contribution in [0.25, 0.3) is 10.2 Å². The molecule has 2 aromatic heterocycles. The average molecular weight is 326 g/mol. The monoisotopic (exact) mass is 326 g/mol. The first kappa shape index (κ1) is 16.1. The van der Waals surface area contributed by atoms with E-state index >= 15 is 0 Å². The zero-order valence-electron chi connectivity index (χ0n) is 11.7. The van der Waals surface area contributed by atoms with Gasteiger partial charge < -0.3 is 14.9 Å². The number of carbonyl (C=O) groups is 2. The van der Waals surface area contributed by atoms with Gasteiger partial charge in [0.2, 0.25) is 0 Å². The summed E-state index contributed by atoms with van der Waals surface area (Å²) in [5, 5.41) is 19.3. The van der Waals surface area contributed by atoms with Gasteiger partial charge in [0.05, 0.1) is 24.0 Å². The van der Waals surface area contributed by atoms with Crippen LogP contribution in [0.4, 0.5) is 0 Å². The maximum atomic E-state index is 12.5. The lowest BCUT2D eigenvalue weighted by Gasteiger charge is -2.11. The van der Waals surface area contributed by atoms with Gasteiger partial charge in [0.15, 0.2) is 0 Å². The van der Waals surface area contributed by atoms with Gasteiger partial charge in [-0.15, -0.1) is 11.3 Å². The lowest BCUT2D eigenvalue weighted by Crippen LogP contribution is -2.27. The van der Waals surface area contributed by atoms with E-state index in [9.17, 15) is 14.4 Å². The molecule has 0 saturated heterocycles. The number of methoxy groups -OCH3 is 1. The number of hydrogen-bond donors (Lipinski definition) is 2. The highest BCUT2D eigenvalue weighted by Gasteiger charge is 2.19. The van der Waals surface area contributed by atoms with Gasteiger partial charge in [-0.3, -0.25) is 14.2 Å². The molecule has 0 spiro atoms. The summed E-state index contributed by atoms with van der Waals surface area (Å²) in [5.74, 6) is -1.87. The van der Waals surface area contributed by atoms with Crippen molar-refractivity contribution >= 4 is 33.5 Å². The van der Waals surface area contributed by atoms with Gasteiger partial charge in [-0.2, -0.15) is 0 Å². The molecule has 118 valence electrons. The molecule has 0 aliphatic heterocycles. The Balaban J connectivity index is 2.61. The Bertz CT molecular complexity index is 779. The lowest BCUT2D eigenvalue weighted by molar-refractivity contribution is -0.137. The minimum Gasteiger partial charge on any atom is -0.481 e. The van der Waals surface area contributed by atoms with Crippen LogP contribution in [0.3, 0.4) is 0 Å². The smallest absolute Gasteiger partial charge is 0.337 e. The number of rotatable bonds is 7. The van der Waals surface area contributed by atoms with Crippen molar-refractivity contribution in [1.29, 1.82) is 0 Å². The molecule has 0 radical (unpaired) electrons. The molecule has 22 heavy (non-hydrogen) atoms. The summed E-state index contributed by atoms with van der Waals surface area (Å²) in [7, 11) is 1.51. The summed E-state index contributed by atoms with van der Waals surface area (Å²) in [6.45, 7) is 0.257. The van der Waals surface area contributed by atoms with Crippen LogP contribution < -0.4 is 5.56 Å². The second-order valence-electron chi connectivity index (χ2n) is 4.51. The summed E-state index contributed by atoms with van der Waals surface area (Å²) in [6, 6.07) is 0. The number of aromatic carboxylic acids is 1. The molecule has 0 aliphatic rings. The largest absolute Gasteiger partial charge is 0.481 e. The van der Waals surface area contributed by atoms with Crippen molar-refractivity contribution in [2.45, 2.75) is 19.4 Å². The molecule has 0 bridgehead atoms. The molecule has 0 saturated carbocycles. The quantitative estimate of drug-likeness (QED) is 0.773. The van der Waals surface area contributed by atoms with Crippen LogP contribution in [0, 0.1) is 0 Å². The van der Waals surface area contributed by atoms with E-state index in [1.54, 1.807) is 0 Å². The fourth-order valence-electron chi connectivity index (χ4n) is 2.05. The predicted molar refractivity (Wildman–Crippen MR) is 78.7 cm³/mol. The van der Waals surface area contributed by atoms with Crippen LogP contribution in [0.1, 0.15) is 22.6 Å². The van der Waals surface area contributed by atoms with E-state index in [1.807, 2.05) is 0 Å². The summed E-state index contributed by atoms with van der Waals surface area (Å²) in [5.41, 5.74) is -0.643. The van der Waals surface area contributed by atoms with Crippen LogP contribution >= 0.6 is 11.3 Å². The number of ether oxygens (including phenoxy) is 1. The number of aliphatic carboxylic acids is 1. The van der Waals surface area contributed by atoms with Crippen molar-refractivity contribution in [3.63, 3.8) is 0 Å². The first-order chi connectivity index (χ1) is 10.5. The highest BCUT2D eigenvalue weighted by Crippen LogP contribution is 2.22. The van der Waals surface area contributed by atoms with Crippen molar-refractivity contribution < 1.29 is 24.5 Å². The van der Waals surface area contributed by atoms with Crippen LogP contribution in [-0.4, -0.2) is 45.4 Å². The number of carboxylic acids is 2. The summed E-state index contributed by atoms with van der Waals surface area (Å²) >= 11 is 1.07. The summed E-state index contributed by atoms with van der Waals surface area (Å²) < 4.78 is 6.18. The van der Waals surface area contributed by atoms with Gasteiger partial charge in [-0.05, 0) is 0 Å². The number of hydrogen-bond acceptors (Lipinski definition) is 6. The third kappa shape index (κ3) is 3.15. The second kappa shape index (κ2) is 6.67. The Hall–Kier alpha value is -2.26. The Morgan fingerprint density at radius 3 is 2.73 bits per heavy atom. The Kier molecular flexibility index (Phi) is 4.88. The van der Waals surface area contributed by atoms with Crippen molar-refractivity contribution in [3.05, 3.63) is 27.1 Å². The molecule has 2 rings (SSSR count). The zero-order valence-corrected chi connectivity index (χ0v) is 12.6. The zero-order chi connectivity index (χ0) is 16.3. The number of carboxylic acid groups (broad SMARTS) is 2. The van der Waals surface area contributed by atoms with E-state index in [4.69, 9.17) is 14.9 Å². The maximum Gasteiger partial charge on any atom is 0.337 e. The van der Waals surface area contributed by atoms with Crippen LogP contribution in [-0.2, 0) is 22.5 Å². The van der Waals surface area contributed by atoms with Gasteiger partial charge in [0.25, 0.3) is 5.56 Å². The molecule has 2 aromatic rings. The van der Waals surface area contributed by atoms with Crippen LogP contribution in [0.15, 0.2) is 10.2 Å². The number of aromatic nitrogens is 2. The molecule has 0 aromatic carbocycles. The molecule has 9 heteroatoms. The first-order valence-corrected chi connectivity index (χ1v) is 7.28. The minimum absolute atomic E-state index is 0.0176. The number of fused-ring (bicyclic) bond motifs is 1. The molecule has 0 amide bonds. The van der Waals surface area contributed by atoms with Crippen molar-refractivity contribution in [2.75, 3.05) is 13.7 Å². The Labute approximate surface area is 128 Å². The van der Waals surface area contributed by atoms with Crippen molar-refractivity contribution in [1.82, 2.24) is 9.55 Å². The van der Waals surface area contributed by atoms with E-state index in [-0.39, 0.29) is 23.9 Å². The SMILES string of the molecule is COCCc1nc2scc(C(=O)O)c2c(=O)n1CCC(=O)O. The van der Waals surface area contributed by atoms with Crippen molar-refractivity contribution in [3.8, 4) is 0 Å². The van der Waals surface area contributed by atoms with Crippen molar-refractivity contribution in [2.24, 2.45) is 0 Å². The minimum atomic E-state index is -1.21. The third-order valence-corrected chi connectivity index (χ3v) is 3.95. The van der Waals surface area contributed by atoms with Gasteiger partial charge in [0.1, 0.15) is 10.7 Å². The van der Waals surface area contributed by atoms with Gasteiger partial charge in [-0.1, -0.05) is 0 Å². The fraction of sp³-hybridized carbons (Fsp3) is 0.385. The topological polar surface area (TPSA) is 119 Å². The molecule has 0 fully saturated rings. The lowest BCUT2D eigenvalue weighted by atomic mass is 10.2. The fourth-order valence-corrected chi connectivity index (χ4v) is 2.97. The standard InChI is InChI=1S/C13H14N2O6S/c1-21-5-3-8-14-11-10(7(6-22-11)13(19)20)12(18)15(8)4-2-9(16)17/h6H,2-5H2,1H3,(H,16,17)(H,19,20). The molecule has 8 nitrogen and oxygen atoms in total. The molecule has 2 heterocycles. The van der Waals surface area contributed by atoms with Crippen LogP contribution in [0.5, 0.6) is 0 Å². The third-order valence-electron chi connectivity index (χ3n) is 3.08. The predicted octanol–water partition coefficient (Wildman–Crippen LogP) is 0.820. The number of thiophene rings is 1. The van der Waals surface area contributed by atoms with E-state index in [0.717, 1.165) is 11.3 Å². The molecule has 0 aliphatic carbocycles. The Morgan fingerprint density at radius 2 is 2.14 bits per heavy atom. The summed E-state index contributed by atoms with van der Waals surface area (Å²) in [4.78, 5) is 39.1. The molecule has 0 unspecified atom stereocenters. The molecular weight excluding hydrogens is 312 g/mol.